The second-order valence-electron chi connectivity index (χ2n) is 7.72. The van der Waals surface area contributed by atoms with Crippen molar-refractivity contribution in [2.24, 2.45) is 0 Å². The summed E-state index contributed by atoms with van der Waals surface area (Å²) in [7, 11) is 0. The molecule has 2 aliphatic rings. The van der Waals surface area contributed by atoms with Crippen LogP contribution in [0.2, 0.25) is 0 Å². The van der Waals surface area contributed by atoms with Crippen molar-refractivity contribution in [2.45, 2.75) is 44.7 Å². The zero-order valence-electron chi connectivity index (χ0n) is 15.9. The second kappa shape index (κ2) is 8.57. The van der Waals surface area contributed by atoms with E-state index < -0.39 is 0 Å². The summed E-state index contributed by atoms with van der Waals surface area (Å²) < 4.78 is 0. The highest BCUT2D eigenvalue weighted by atomic mass is 16.2. The molecule has 0 saturated carbocycles. The number of carbonyl (C=O) groups is 1. The fourth-order valence-electron chi connectivity index (χ4n) is 4.23. The minimum atomic E-state index is 0.0749. The van der Waals surface area contributed by atoms with Gasteiger partial charge in [-0.25, -0.2) is 4.79 Å². The minimum Gasteiger partial charge on any atom is -0.335 e. The molecule has 27 heavy (non-hydrogen) atoms. The quantitative estimate of drug-likeness (QED) is 0.887. The van der Waals surface area contributed by atoms with Gasteiger partial charge in [0.05, 0.1) is 0 Å². The third kappa shape index (κ3) is 4.51. The molecule has 0 aliphatic carbocycles. The van der Waals surface area contributed by atoms with Crippen LogP contribution in [0.1, 0.15) is 36.8 Å². The zero-order chi connectivity index (χ0) is 18.5. The van der Waals surface area contributed by atoms with Gasteiger partial charge in [0.2, 0.25) is 0 Å². The normalized spacial score (nSPS) is 18.6. The Labute approximate surface area is 162 Å². The number of urea groups is 1. The summed E-state index contributed by atoms with van der Waals surface area (Å²) in [6.07, 6.45) is 5.33. The lowest BCUT2D eigenvalue weighted by Crippen LogP contribution is -2.49. The summed E-state index contributed by atoms with van der Waals surface area (Å²) in [5.41, 5.74) is 3.75. The van der Waals surface area contributed by atoms with Crippen molar-refractivity contribution in [2.75, 3.05) is 24.5 Å². The van der Waals surface area contributed by atoms with Gasteiger partial charge in [-0.1, -0.05) is 48.5 Å². The Bertz CT molecular complexity index is 753. The molecule has 0 bridgehead atoms. The van der Waals surface area contributed by atoms with E-state index in [4.69, 9.17) is 0 Å². The topological polar surface area (TPSA) is 35.6 Å². The number of carbonyl (C=O) groups excluding carboxylic acids is 1. The number of hydrogen-bond donors (Lipinski definition) is 1. The number of nitrogens with one attached hydrogen (secondary N) is 1. The number of likely N-dealkylation sites (tertiary alicyclic amines) is 1. The van der Waals surface area contributed by atoms with Gasteiger partial charge in [-0.2, -0.15) is 0 Å². The van der Waals surface area contributed by atoms with Crippen LogP contribution in [0.3, 0.4) is 0 Å². The van der Waals surface area contributed by atoms with Gasteiger partial charge in [0, 0.05) is 37.9 Å². The Morgan fingerprint density at radius 3 is 2.48 bits per heavy atom. The molecule has 2 aromatic rings. The molecule has 1 saturated heterocycles. The molecule has 4 nitrogen and oxygen atoms in total. The van der Waals surface area contributed by atoms with Crippen LogP contribution in [0.4, 0.5) is 10.5 Å². The molecule has 0 spiro atoms. The lowest BCUT2D eigenvalue weighted by Gasteiger charge is -2.34. The number of benzene rings is 2. The molecular formula is C23H29N3O. The van der Waals surface area contributed by atoms with Crippen molar-refractivity contribution in [3.63, 3.8) is 0 Å². The molecule has 0 unspecified atom stereocenters. The van der Waals surface area contributed by atoms with E-state index in [0.717, 1.165) is 64.0 Å². The van der Waals surface area contributed by atoms with Crippen LogP contribution in [0.25, 0.3) is 0 Å². The van der Waals surface area contributed by atoms with Crippen molar-refractivity contribution in [1.29, 1.82) is 0 Å². The van der Waals surface area contributed by atoms with Gasteiger partial charge >= 0.3 is 6.03 Å². The minimum absolute atomic E-state index is 0.0749. The lowest BCUT2D eigenvalue weighted by molar-refractivity contribution is 0.188. The number of anilines is 1. The highest BCUT2D eigenvalue weighted by molar-refractivity contribution is 5.93. The Morgan fingerprint density at radius 1 is 0.926 bits per heavy atom. The zero-order valence-corrected chi connectivity index (χ0v) is 15.9. The molecule has 2 aromatic carbocycles. The Hall–Kier alpha value is -2.33. The second-order valence-corrected chi connectivity index (χ2v) is 7.72. The first-order valence-electron chi connectivity index (χ1n) is 10.2. The smallest absolute Gasteiger partial charge is 0.322 e. The maximum Gasteiger partial charge on any atom is 0.322 e. The highest BCUT2D eigenvalue weighted by Crippen LogP contribution is 2.26. The number of amides is 2. The van der Waals surface area contributed by atoms with E-state index in [9.17, 15) is 4.79 Å². The largest absolute Gasteiger partial charge is 0.335 e. The molecule has 2 amide bonds. The number of nitrogens with zero attached hydrogens (tertiary/aromatic N) is 2. The van der Waals surface area contributed by atoms with Gasteiger partial charge in [-0.3, -0.25) is 9.80 Å². The van der Waals surface area contributed by atoms with E-state index in [2.05, 4.69) is 58.7 Å². The summed E-state index contributed by atoms with van der Waals surface area (Å²) in [5, 5.41) is 3.30. The van der Waals surface area contributed by atoms with Crippen molar-refractivity contribution in [1.82, 2.24) is 10.2 Å². The van der Waals surface area contributed by atoms with E-state index >= 15 is 0 Å². The van der Waals surface area contributed by atoms with Gasteiger partial charge in [0.25, 0.3) is 0 Å². The molecule has 2 aliphatic heterocycles. The van der Waals surface area contributed by atoms with Gasteiger partial charge < -0.3 is 5.32 Å². The summed E-state index contributed by atoms with van der Waals surface area (Å²) in [4.78, 5) is 17.4. The average Bonchev–Trinajstić information content (AvgIpc) is 2.93. The van der Waals surface area contributed by atoms with Crippen molar-refractivity contribution in [3.05, 3.63) is 65.7 Å². The fourth-order valence-corrected chi connectivity index (χ4v) is 4.23. The summed E-state index contributed by atoms with van der Waals surface area (Å²) in [6.45, 7) is 3.89. The molecule has 2 heterocycles. The third-order valence-corrected chi connectivity index (χ3v) is 5.77. The maximum atomic E-state index is 13.0. The standard InChI is InChI=1S/C23H29N3O/c27-23(26-15-7-6-11-20-10-4-5-12-22(20)26)24-21-13-16-25(17-14-21)18-19-8-2-1-3-9-19/h1-5,8-10,12,21H,6-7,11,13-18H2,(H,24,27). The summed E-state index contributed by atoms with van der Waals surface area (Å²) in [5.74, 6) is 0. The molecule has 1 N–H and O–H groups in total. The van der Waals surface area contributed by atoms with E-state index in [1.54, 1.807) is 0 Å². The highest BCUT2D eigenvalue weighted by Gasteiger charge is 2.25. The first-order chi connectivity index (χ1) is 13.3. The Morgan fingerprint density at radius 2 is 1.67 bits per heavy atom. The number of para-hydroxylation sites is 1. The maximum absolute atomic E-state index is 13.0. The Kier molecular flexibility index (Phi) is 5.73. The molecule has 1 fully saturated rings. The van der Waals surface area contributed by atoms with Crippen molar-refractivity contribution >= 4 is 11.7 Å². The number of fused-ring (bicyclic) bond motifs is 1. The van der Waals surface area contributed by atoms with Gasteiger partial charge in [-0.15, -0.1) is 0 Å². The first kappa shape index (κ1) is 18.1. The molecule has 4 heteroatoms. The average molecular weight is 364 g/mol. The van der Waals surface area contributed by atoms with Gasteiger partial charge in [-0.05, 0) is 49.3 Å². The monoisotopic (exact) mass is 363 g/mol. The van der Waals surface area contributed by atoms with Gasteiger partial charge in [0.1, 0.15) is 0 Å². The van der Waals surface area contributed by atoms with Crippen LogP contribution >= 0.6 is 0 Å². The summed E-state index contributed by atoms with van der Waals surface area (Å²) in [6, 6.07) is 19.3. The van der Waals surface area contributed by atoms with Crippen LogP contribution in [-0.2, 0) is 13.0 Å². The lowest BCUT2D eigenvalue weighted by atomic mass is 10.0. The third-order valence-electron chi connectivity index (χ3n) is 5.77. The number of rotatable bonds is 3. The molecule has 142 valence electrons. The predicted molar refractivity (Wildman–Crippen MR) is 110 cm³/mol. The molecule has 0 atom stereocenters. The van der Waals surface area contributed by atoms with Gasteiger partial charge in [0.15, 0.2) is 0 Å². The van der Waals surface area contributed by atoms with Crippen LogP contribution in [0.5, 0.6) is 0 Å². The molecule has 0 aromatic heterocycles. The molecular weight excluding hydrogens is 334 g/mol. The van der Waals surface area contributed by atoms with E-state index in [1.165, 1.54) is 11.1 Å². The molecule has 0 radical (unpaired) electrons. The molecule has 4 rings (SSSR count). The Balaban J connectivity index is 1.32. The number of aryl methyl sites for hydroxylation is 1. The van der Waals surface area contributed by atoms with Crippen LogP contribution in [0, 0.1) is 0 Å². The summed E-state index contributed by atoms with van der Waals surface area (Å²) >= 11 is 0. The van der Waals surface area contributed by atoms with Crippen LogP contribution in [-0.4, -0.2) is 36.6 Å². The van der Waals surface area contributed by atoms with E-state index in [1.807, 2.05) is 11.0 Å². The van der Waals surface area contributed by atoms with Crippen molar-refractivity contribution < 1.29 is 4.79 Å². The SMILES string of the molecule is O=C(NC1CCN(Cc2ccccc2)CC1)N1CCCCc2ccccc21. The number of piperidine rings is 1. The van der Waals surface area contributed by atoms with E-state index in [0.29, 0.717) is 0 Å². The van der Waals surface area contributed by atoms with E-state index in [-0.39, 0.29) is 12.1 Å². The van der Waals surface area contributed by atoms with Crippen LogP contribution < -0.4 is 10.2 Å². The van der Waals surface area contributed by atoms with Crippen molar-refractivity contribution in [3.8, 4) is 0 Å². The first-order valence-corrected chi connectivity index (χ1v) is 10.2. The van der Waals surface area contributed by atoms with Crippen LogP contribution in [0.15, 0.2) is 54.6 Å². The predicted octanol–water partition coefficient (Wildman–Crippen LogP) is 4.20. The fraction of sp³-hybridized carbons (Fsp3) is 0.435. The number of hydrogen-bond acceptors (Lipinski definition) is 2.